The summed E-state index contributed by atoms with van der Waals surface area (Å²) in [6.45, 7) is 4.40. The number of alkyl halides is 2. The van der Waals surface area contributed by atoms with Crippen LogP contribution >= 0.6 is 45.2 Å². The van der Waals surface area contributed by atoms with Crippen molar-refractivity contribution in [2.75, 3.05) is 0 Å². The Kier molecular flexibility index (Phi) is 4.29. The van der Waals surface area contributed by atoms with Gasteiger partial charge >= 0.3 is 0 Å². The molecule has 1 aromatic rings. The normalized spacial score (nSPS) is 10.3. The molecule has 0 N–H and O–H groups in total. The third-order valence-corrected chi connectivity index (χ3v) is 3.84. The van der Waals surface area contributed by atoms with Crippen molar-refractivity contribution in [2.45, 2.75) is 22.7 Å². The molecule has 0 saturated carbocycles. The Morgan fingerprint density at radius 1 is 1.08 bits per heavy atom. The molecule has 66 valence electrons. The molecule has 2 heteroatoms. The van der Waals surface area contributed by atoms with E-state index >= 15 is 0 Å². The number of aryl methyl sites for hydroxylation is 1. The monoisotopic (exact) mass is 386 g/mol. The first-order valence-corrected chi connectivity index (χ1v) is 6.95. The Hall–Kier alpha value is 0.680. The molecule has 1 aromatic carbocycles. The summed E-state index contributed by atoms with van der Waals surface area (Å²) in [4.78, 5) is 0. The summed E-state index contributed by atoms with van der Waals surface area (Å²) in [5.74, 6) is 0. The predicted octanol–water partition coefficient (Wildman–Crippen LogP) is 4.17. The summed E-state index contributed by atoms with van der Waals surface area (Å²) in [5, 5.41) is 0. The molecule has 1 rings (SSSR count). The fourth-order valence-electron chi connectivity index (χ4n) is 1.23. The van der Waals surface area contributed by atoms with Crippen molar-refractivity contribution in [1.82, 2.24) is 0 Å². The van der Waals surface area contributed by atoms with Gasteiger partial charge in [-0.2, -0.15) is 0 Å². The zero-order chi connectivity index (χ0) is 9.14. The van der Waals surface area contributed by atoms with Crippen LogP contribution in [0, 0.1) is 13.8 Å². The standard InChI is InChI=1S/C10H12I2/c1-7-3-9(5-11)4-10(6-12)8(7)2/h3-4H,5-6H2,1-2H3. The van der Waals surface area contributed by atoms with Crippen LogP contribution in [0.4, 0.5) is 0 Å². The van der Waals surface area contributed by atoms with Crippen molar-refractivity contribution in [3.05, 3.63) is 34.4 Å². The van der Waals surface area contributed by atoms with Gasteiger partial charge in [0, 0.05) is 8.86 Å². The Labute approximate surface area is 101 Å². The fraction of sp³-hybridized carbons (Fsp3) is 0.400. The molecule has 0 fully saturated rings. The maximum absolute atomic E-state index is 2.43. The van der Waals surface area contributed by atoms with Crippen LogP contribution in [-0.2, 0) is 8.86 Å². The molecule has 0 heterocycles. The molecule has 0 amide bonds. The van der Waals surface area contributed by atoms with Gasteiger partial charge in [0.1, 0.15) is 0 Å². The molecule has 0 radical (unpaired) electrons. The van der Waals surface area contributed by atoms with Gasteiger partial charge in [-0.1, -0.05) is 57.3 Å². The van der Waals surface area contributed by atoms with E-state index in [9.17, 15) is 0 Å². The van der Waals surface area contributed by atoms with E-state index in [1.807, 2.05) is 0 Å². The fourth-order valence-corrected chi connectivity index (χ4v) is 2.46. The molecule has 0 aromatic heterocycles. The number of benzene rings is 1. The zero-order valence-corrected chi connectivity index (χ0v) is 11.6. The second kappa shape index (κ2) is 4.79. The molecule has 0 unspecified atom stereocenters. The minimum atomic E-state index is 1.11. The maximum atomic E-state index is 2.43. The topological polar surface area (TPSA) is 0 Å². The Bertz CT molecular complexity index is 279. The van der Waals surface area contributed by atoms with Gasteiger partial charge in [-0.05, 0) is 36.1 Å². The van der Waals surface area contributed by atoms with E-state index in [1.54, 1.807) is 0 Å². The SMILES string of the molecule is Cc1cc(CI)cc(CI)c1C. The molecule has 0 aliphatic carbocycles. The maximum Gasteiger partial charge on any atom is 0.0249 e. The summed E-state index contributed by atoms with van der Waals surface area (Å²) in [6, 6.07) is 4.61. The van der Waals surface area contributed by atoms with Crippen molar-refractivity contribution >= 4 is 45.2 Å². The second-order valence-corrected chi connectivity index (χ2v) is 4.49. The van der Waals surface area contributed by atoms with Gasteiger partial charge in [0.05, 0.1) is 0 Å². The predicted molar refractivity (Wildman–Crippen MR) is 71.4 cm³/mol. The van der Waals surface area contributed by atoms with Crippen molar-refractivity contribution in [1.29, 1.82) is 0 Å². The average Bonchev–Trinajstić information content (AvgIpc) is 2.09. The highest BCUT2D eigenvalue weighted by molar-refractivity contribution is 14.1. The van der Waals surface area contributed by atoms with Crippen molar-refractivity contribution in [3.8, 4) is 0 Å². The molecule has 0 bridgehead atoms. The van der Waals surface area contributed by atoms with Gasteiger partial charge < -0.3 is 0 Å². The first-order chi connectivity index (χ1) is 5.69. The van der Waals surface area contributed by atoms with E-state index in [0.717, 1.165) is 8.86 Å². The van der Waals surface area contributed by atoms with E-state index in [1.165, 1.54) is 22.3 Å². The number of halogens is 2. The number of hydrogen-bond donors (Lipinski definition) is 0. The second-order valence-electron chi connectivity index (χ2n) is 2.96. The third kappa shape index (κ3) is 2.34. The van der Waals surface area contributed by atoms with Crippen LogP contribution in [0.3, 0.4) is 0 Å². The lowest BCUT2D eigenvalue weighted by Gasteiger charge is -2.08. The van der Waals surface area contributed by atoms with Gasteiger partial charge in [-0.3, -0.25) is 0 Å². The van der Waals surface area contributed by atoms with E-state index in [0.29, 0.717) is 0 Å². The van der Waals surface area contributed by atoms with E-state index in [2.05, 4.69) is 71.2 Å². The van der Waals surface area contributed by atoms with Gasteiger partial charge in [-0.15, -0.1) is 0 Å². The van der Waals surface area contributed by atoms with E-state index < -0.39 is 0 Å². The van der Waals surface area contributed by atoms with Crippen LogP contribution in [0.15, 0.2) is 12.1 Å². The first kappa shape index (κ1) is 10.8. The lowest BCUT2D eigenvalue weighted by molar-refractivity contribution is 1.23. The van der Waals surface area contributed by atoms with Crippen LogP contribution in [0.5, 0.6) is 0 Å². The van der Waals surface area contributed by atoms with Crippen LogP contribution in [0.2, 0.25) is 0 Å². The molecule has 0 saturated heterocycles. The quantitative estimate of drug-likeness (QED) is 0.529. The van der Waals surface area contributed by atoms with E-state index in [-0.39, 0.29) is 0 Å². The highest BCUT2D eigenvalue weighted by atomic mass is 127. The van der Waals surface area contributed by atoms with E-state index in [4.69, 9.17) is 0 Å². The minimum absolute atomic E-state index is 1.11. The summed E-state index contributed by atoms with van der Waals surface area (Å²) in [6.07, 6.45) is 0. The number of hydrogen-bond acceptors (Lipinski definition) is 0. The van der Waals surface area contributed by atoms with Gasteiger partial charge in [0.25, 0.3) is 0 Å². The molecule has 0 spiro atoms. The molecular formula is C10H12I2. The van der Waals surface area contributed by atoms with Gasteiger partial charge in [0.15, 0.2) is 0 Å². The summed E-state index contributed by atoms with van der Waals surface area (Å²) in [7, 11) is 0. The van der Waals surface area contributed by atoms with Gasteiger partial charge in [0.2, 0.25) is 0 Å². The lowest BCUT2D eigenvalue weighted by Crippen LogP contribution is -1.91. The summed E-state index contributed by atoms with van der Waals surface area (Å²) < 4.78 is 2.23. The Morgan fingerprint density at radius 2 is 1.75 bits per heavy atom. The van der Waals surface area contributed by atoms with Crippen molar-refractivity contribution in [2.24, 2.45) is 0 Å². The van der Waals surface area contributed by atoms with Crippen molar-refractivity contribution < 1.29 is 0 Å². The van der Waals surface area contributed by atoms with Gasteiger partial charge in [-0.25, -0.2) is 0 Å². The van der Waals surface area contributed by atoms with Crippen LogP contribution < -0.4 is 0 Å². The average molecular weight is 386 g/mol. The smallest absolute Gasteiger partial charge is 0.0249 e. The minimum Gasteiger partial charge on any atom is -0.0812 e. The molecule has 0 nitrogen and oxygen atoms in total. The van der Waals surface area contributed by atoms with Crippen LogP contribution in [0.25, 0.3) is 0 Å². The highest BCUT2D eigenvalue weighted by Gasteiger charge is 2.01. The first-order valence-electron chi connectivity index (χ1n) is 3.90. The zero-order valence-electron chi connectivity index (χ0n) is 7.32. The van der Waals surface area contributed by atoms with Crippen molar-refractivity contribution in [3.63, 3.8) is 0 Å². The Balaban J connectivity index is 3.19. The Morgan fingerprint density at radius 3 is 2.25 bits per heavy atom. The molecular weight excluding hydrogens is 374 g/mol. The molecule has 0 aliphatic rings. The summed E-state index contributed by atoms with van der Waals surface area (Å²) >= 11 is 4.84. The molecule has 12 heavy (non-hydrogen) atoms. The molecule has 0 atom stereocenters. The van der Waals surface area contributed by atoms with Crippen LogP contribution in [0.1, 0.15) is 22.3 Å². The summed E-state index contributed by atoms with van der Waals surface area (Å²) in [5.41, 5.74) is 5.82. The number of rotatable bonds is 2. The van der Waals surface area contributed by atoms with Crippen LogP contribution in [-0.4, -0.2) is 0 Å². The third-order valence-electron chi connectivity index (χ3n) is 2.13. The highest BCUT2D eigenvalue weighted by Crippen LogP contribution is 2.20. The molecule has 0 aliphatic heterocycles. The lowest BCUT2D eigenvalue weighted by atomic mass is 10.0. The largest absolute Gasteiger partial charge is 0.0812 e.